The first-order valence-corrected chi connectivity index (χ1v) is 9.66. The minimum atomic E-state index is -0.473. The van der Waals surface area contributed by atoms with E-state index in [1.807, 2.05) is 48.5 Å². The van der Waals surface area contributed by atoms with Crippen molar-refractivity contribution in [1.29, 1.82) is 0 Å². The number of hydrogen-bond acceptors (Lipinski definition) is 6. The molecule has 3 aromatic rings. The van der Waals surface area contributed by atoms with Crippen molar-refractivity contribution in [2.45, 2.75) is 6.92 Å². The molecule has 0 unspecified atom stereocenters. The fraction of sp³-hybridized carbons (Fsp3) is 0.0588. The van der Waals surface area contributed by atoms with Crippen LogP contribution in [-0.4, -0.2) is 14.9 Å². The number of halogens is 2. The van der Waals surface area contributed by atoms with E-state index in [1.54, 1.807) is 6.92 Å². The zero-order valence-corrected chi connectivity index (χ0v) is 17.8. The topological polar surface area (TPSA) is 93.0 Å². The highest BCUT2D eigenvalue weighted by molar-refractivity contribution is 14.1. The van der Waals surface area contributed by atoms with E-state index in [4.69, 9.17) is 0 Å². The van der Waals surface area contributed by atoms with Crippen LogP contribution in [0.3, 0.4) is 0 Å². The molecule has 2 N–H and O–H groups in total. The summed E-state index contributed by atoms with van der Waals surface area (Å²) in [6.45, 7) is 1.60. The summed E-state index contributed by atoms with van der Waals surface area (Å²) in [4.78, 5) is 19.5. The van der Waals surface area contributed by atoms with Gasteiger partial charge < -0.3 is 10.6 Å². The number of aryl methyl sites for hydroxylation is 1. The Bertz CT molecular complexity index is 947. The SMILES string of the molecule is Cc1nc(Nc2ccc(I)cc2)nc(Nc2ccc(I)cc2)c1[N+](=O)[O-]. The predicted octanol–water partition coefficient (Wildman–Crippen LogP) is 5.39. The number of hydrogen-bond donors (Lipinski definition) is 2. The molecular formula is C17H13I2N5O2. The van der Waals surface area contributed by atoms with Gasteiger partial charge in [-0.05, 0) is 101 Å². The Morgan fingerprint density at radius 2 is 1.38 bits per heavy atom. The van der Waals surface area contributed by atoms with Crippen LogP contribution in [0, 0.1) is 24.2 Å². The Balaban J connectivity index is 1.97. The number of benzene rings is 2. The normalized spacial score (nSPS) is 10.4. The second-order valence-electron chi connectivity index (χ2n) is 5.35. The van der Waals surface area contributed by atoms with Gasteiger partial charge in [-0.3, -0.25) is 10.1 Å². The maximum Gasteiger partial charge on any atom is 0.332 e. The average Bonchev–Trinajstić information content (AvgIpc) is 2.58. The van der Waals surface area contributed by atoms with Crippen LogP contribution in [0.1, 0.15) is 5.69 Å². The fourth-order valence-electron chi connectivity index (χ4n) is 2.26. The molecule has 0 aliphatic rings. The van der Waals surface area contributed by atoms with Crippen molar-refractivity contribution in [2.75, 3.05) is 10.6 Å². The highest BCUT2D eigenvalue weighted by Crippen LogP contribution is 2.30. The molecule has 7 nitrogen and oxygen atoms in total. The molecule has 0 aliphatic carbocycles. The smallest absolute Gasteiger partial charge is 0.332 e. The molecule has 3 rings (SSSR count). The minimum absolute atomic E-state index is 0.142. The van der Waals surface area contributed by atoms with Crippen LogP contribution in [0.15, 0.2) is 48.5 Å². The van der Waals surface area contributed by atoms with Gasteiger partial charge in [0.1, 0.15) is 5.69 Å². The fourth-order valence-corrected chi connectivity index (χ4v) is 2.98. The number of nitro groups is 1. The molecule has 26 heavy (non-hydrogen) atoms. The lowest BCUT2D eigenvalue weighted by atomic mass is 10.3. The summed E-state index contributed by atoms with van der Waals surface area (Å²) < 4.78 is 2.18. The van der Waals surface area contributed by atoms with Crippen molar-refractivity contribution in [3.8, 4) is 0 Å². The first-order valence-electron chi connectivity index (χ1n) is 7.50. The molecule has 0 amide bonds. The minimum Gasteiger partial charge on any atom is -0.334 e. The van der Waals surface area contributed by atoms with E-state index >= 15 is 0 Å². The molecule has 0 atom stereocenters. The Morgan fingerprint density at radius 3 is 1.88 bits per heavy atom. The van der Waals surface area contributed by atoms with E-state index in [1.165, 1.54) is 0 Å². The summed E-state index contributed by atoms with van der Waals surface area (Å²) >= 11 is 4.42. The Labute approximate surface area is 177 Å². The van der Waals surface area contributed by atoms with Gasteiger partial charge in [0, 0.05) is 18.5 Å². The molecule has 0 spiro atoms. The maximum atomic E-state index is 11.5. The Morgan fingerprint density at radius 1 is 0.885 bits per heavy atom. The Hall–Kier alpha value is -2.02. The summed E-state index contributed by atoms with van der Waals surface area (Å²) in [5.74, 6) is 0.444. The van der Waals surface area contributed by atoms with Crippen molar-refractivity contribution in [1.82, 2.24) is 9.97 Å². The van der Waals surface area contributed by atoms with Crippen LogP contribution in [0.5, 0.6) is 0 Å². The van der Waals surface area contributed by atoms with Gasteiger partial charge in [-0.1, -0.05) is 0 Å². The van der Waals surface area contributed by atoms with Crippen LogP contribution in [0.2, 0.25) is 0 Å². The molecule has 1 aromatic heterocycles. The standard InChI is InChI=1S/C17H13I2N5O2/c1-10-15(24(25)26)16(21-13-6-2-11(18)3-7-13)23-17(20-10)22-14-8-4-12(19)5-9-14/h2-9H,1H3,(H2,20,21,22,23). The number of nitrogens with one attached hydrogen (secondary N) is 2. The van der Waals surface area contributed by atoms with E-state index in [0.717, 1.165) is 12.8 Å². The lowest BCUT2D eigenvalue weighted by Crippen LogP contribution is -2.07. The highest BCUT2D eigenvalue weighted by atomic mass is 127. The number of anilines is 4. The van der Waals surface area contributed by atoms with Crippen molar-refractivity contribution in [3.05, 3.63) is 71.5 Å². The van der Waals surface area contributed by atoms with Crippen molar-refractivity contribution < 1.29 is 4.92 Å². The van der Waals surface area contributed by atoms with Crippen LogP contribution < -0.4 is 10.6 Å². The summed E-state index contributed by atoms with van der Waals surface area (Å²) in [7, 11) is 0. The van der Waals surface area contributed by atoms with E-state index in [9.17, 15) is 10.1 Å². The molecule has 0 bridgehead atoms. The lowest BCUT2D eigenvalue weighted by Gasteiger charge is -2.11. The molecule has 0 aliphatic heterocycles. The number of rotatable bonds is 5. The van der Waals surface area contributed by atoms with Crippen LogP contribution in [0.25, 0.3) is 0 Å². The van der Waals surface area contributed by atoms with Gasteiger partial charge in [0.2, 0.25) is 11.8 Å². The van der Waals surface area contributed by atoms with Gasteiger partial charge in [0.25, 0.3) is 0 Å². The number of nitrogens with zero attached hydrogens (tertiary/aromatic N) is 3. The quantitative estimate of drug-likeness (QED) is 0.242. The zero-order valence-electron chi connectivity index (χ0n) is 13.5. The van der Waals surface area contributed by atoms with E-state index in [-0.39, 0.29) is 17.2 Å². The molecule has 0 radical (unpaired) electrons. The summed E-state index contributed by atoms with van der Waals surface area (Å²) in [6.07, 6.45) is 0. The summed E-state index contributed by atoms with van der Waals surface area (Å²) in [5, 5.41) is 17.6. The monoisotopic (exact) mass is 573 g/mol. The third kappa shape index (κ3) is 4.58. The summed E-state index contributed by atoms with van der Waals surface area (Å²) in [6, 6.07) is 15.2. The van der Waals surface area contributed by atoms with Gasteiger partial charge in [0.15, 0.2) is 0 Å². The van der Waals surface area contributed by atoms with Crippen LogP contribution >= 0.6 is 45.2 Å². The highest BCUT2D eigenvalue weighted by Gasteiger charge is 2.22. The molecule has 0 saturated carbocycles. The van der Waals surface area contributed by atoms with E-state index in [0.29, 0.717) is 11.6 Å². The molecule has 9 heteroatoms. The molecule has 1 heterocycles. The first kappa shape index (κ1) is 18.8. The first-order chi connectivity index (χ1) is 12.4. The van der Waals surface area contributed by atoms with Gasteiger partial charge in [0.05, 0.1) is 4.92 Å². The molecule has 132 valence electrons. The maximum absolute atomic E-state index is 11.5. The third-order valence-corrected chi connectivity index (χ3v) is 4.89. The van der Waals surface area contributed by atoms with Gasteiger partial charge in [-0.2, -0.15) is 4.98 Å². The molecule has 0 fully saturated rings. The third-order valence-electron chi connectivity index (χ3n) is 3.45. The second-order valence-corrected chi connectivity index (χ2v) is 7.84. The van der Waals surface area contributed by atoms with Crippen LogP contribution in [-0.2, 0) is 0 Å². The van der Waals surface area contributed by atoms with Gasteiger partial charge >= 0.3 is 5.69 Å². The largest absolute Gasteiger partial charge is 0.334 e. The van der Waals surface area contributed by atoms with Crippen LogP contribution in [0.4, 0.5) is 28.8 Å². The van der Waals surface area contributed by atoms with E-state index in [2.05, 4.69) is 65.8 Å². The van der Waals surface area contributed by atoms with Gasteiger partial charge in [-0.25, -0.2) is 4.98 Å². The Kier molecular flexibility index (Phi) is 5.86. The number of aromatic nitrogens is 2. The van der Waals surface area contributed by atoms with Gasteiger partial charge in [-0.15, -0.1) is 0 Å². The average molecular weight is 573 g/mol. The van der Waals surface area contributed by atoms with Crippen molar-refractivity contribution >= 4 is 74.0 Å². The van der Waals surface area contributed by atoms with Crippen molar-refractivity contribution in [2.24, 2.45) is 0 Å². The second kappa shape index (κ2) is 8.12. The lowest BCUT2D eigenvalue weighted by molar-refractivity contribution is -0.385. The molecular weight excluding hydrogens is 560 g/mol. The zero-order chi connectivity index (χ0) is 18.7. The summed E-state index contributed by atoms with van der Waals surface area (Å²) in [5.41, 5.74) is 1.66. The predicted molar refractivity (Wildman–Crippen MR) is 118 cm³/mol. The van der Waals surface area contributed by atoms with E-state index < -0.39 is 4.92 Å². The van der Waals surface area contributed by atoms with Crippen molar-refractivity contribution in [3.63, 3.8) is 0 Å². The molecule has 0 saturated heterocycles. The molecule has 2 aromatic carbocycles.